The van der Waals surface area contributed by atoms with Crippen molar-refractivity contribution in [1.29, 1.82) is 0 Å². The molecule has 1 aromatic rings. The van der Waals surface area contributed by atoms with Crippen molar-refractivity contribution in [3.63, 3.8) is 0 Å². The lowest BCUT2D eigenvalue weighted by molar-refractivity contribution is -0.145. The van der Waals surface area contributed by atoms with Crippen LogP contribution >= 0.6 is 11.6 Å². The van der Waals surface area contributed by atoms with E-state index in [2.05, 4.69) is 0 Å². The van der Waals surface area contributed by atoms with Gasteiger partial charge in [-0.15, -0.1) is 0 Å². The van der Waals surface area contributed by atoms with Crippen molar-refractivity contribution in [2.24, 2.45) is 5.92 Å². The zero-order valence-corrected chi connectivity index (χ0v) is 12.4. The summed E-state index contributed by atoms with van der Waals surface area (Å²) in [7, 11) is 0. The minimum atomic E-state index is -0.934. The number of nitrogens with zero attached hydrogens (tertiary/aromatic N) is 1. The Hall–Kier alpha value is -1.55. The minimum absolute atomic E-state index is 0.0291. The molecular formula is C15H18ClNO3. The van der Waals surface area contributed by atoms with Crippen molar-refractivity contribution >= 4 is 23.5 Å². The summed E-state index contributed by atoms with van der Waals surface area (Å²) in [6.45, 7) is 4.19. The highest BCUT2D eigenvalue weighted by atomic mass is 35.5. The number of carbonyl (C=O) groups is 2. The minimum Gasteiger partial charge on any atom is -0.480 e. The maximum atomic E-state index is 12.5. The quantitative estimate of drug-likeness (QED) is 0.912. The first-order chi connectivity index (χ1) is 9.41. The highest BCUT2D eigenvalue weighted by molar-refractivity contribution is 6.31. The van der Waals surface area contributed by atoms with Crippen molar-refractivity contribution in [2.45, 2.75) is 32.7 Å². The van der Waals surface area contributed by atoms with Gasteiger partial charge in [-0.25, -0.2) is 4.79 Å². The molecule has 0 radical (unpaired) electrons. The maximum absolute atomic E-state index is 12.5. The van der Waals surface area contributed by atoms with E-state index in [1.54, 1.807) is 18.2 Å². The van der Waals surface area contributed by atoms with Gasteiger partial charge in [0.05, 0.1) is 0 Å². The Labute approximate surface area is 123 Å². The van der Waals surface area contributed by atoms with E-state index in [9.17, 15) is 14.7 Å². The number of aliphatic carboxylic acids is 1. The van der Waals surface area contributed by atoms with Crippen molar-refractivity contribution in [3.05, 3.63) is 34.3 Å². The first-order valence-electron chi connectivity index (χ1n) is 6.71. The van der Waals surface area contributed by atoms with Gasteiger partial charge in [0.1, 0.15) is 6.04 Å². The van der Waals surface area contributed by atoms with E-state index in [0.29, 0.717) is 17.1 Å². The Morgan fingerprint density at radius 1 is 1.40 bits per heavy atom. The highest BCUT2D eigenvalue weighted by Gasteiger charge is 2.37. The third-order valence-electron chi connectivity index (χ3n) is 3.85. The number of piperidine rings is 1. The lowest BCUT2D eigenvalue weighted by atomic mass is 9.90. The summed E-state index contributed by atoms with van der Waals surface area (Å²) < 4.78 is 0. The Morgan fingerprint density at radius 3 is 2.70 bits per heavy atom. The predicted molar refractivity (Wildman–Crippen MR) is 77.0 cm³/mol. The topological polar surface area (TPSA) is 57.6 Å². The van der Waals surface area contributed by atoms with Crippen molar-refractivity contribution in [1.82, 2.24) is 4.90 Å². The van der Waals surface area contributed by atoms with Gasteiger partial charge in [0, 0.05) is 17.1 Å². The fourth-order valence-corrected chi connectivity index (χ4v) is 2.85. The monoisotopic (exact) mass is 295 g/mol. The molecule has 2 atom stereocenters. The van der Waals surface area contributed by atoms with E-state index in [1.807, 2.05) is 13.8 Å². The zero-order valence-electron chi connectivity index (χ0n) is 11.6. The summed E-state index contributed by atoms with van der Waals surface area (Å²) in [4.78, 5) is 25.4. The van der Waals surface area contributed by atoms with Crippen LogP contribution in [0.15, 0.2) is 18.2 Å². The van der Waals surface area contributed by atoms with Crippen LogP contribution in [-0.4, -0.2) is 34.5 Å². The van der Waals surface area contributed by atoms with E-state index in [4.69, 9.17) is 11.6 Å². The van der Waals surface area contributed by atoms with Gasteiger partial charge in [-0.1, -0.05) is 18.5 Å². The van der Waals surface area contributed by atoms with Crippen LogP contribution in [0.3, 0.4) is 0 Å². The molecule has 1 aliphatic heterocycles. The summed E-state index contributed by atoms with van der Waals surface area (Å²) in [5.74, 6) is -1.20. The van der Waals surface area contributed by atoms with E-state index in [1.165, 1.54) is 4.90 Å². The number of likely N-dealkylation sites (tertiary alicyclic amines) is 1. The maximum Gasteiger partial charge on any atom is 0.326 e. The standard InChI is InChI=1S/C15H18ClNO3/c1-9-4-3-7-17(13(9)15(19)20)14(18)11-5-6-12(16)10(2)8-11/h5-6,8-9,13H,3-4,7H2,1-2H3,(H,19,20). The summed E-state index contributed by atoms with van der Waals surface area (Å²) in [6, 6.07) is 4.29. The SMILES string of the molecule is Cc1cc(C(=O)N2CCCC(C)C2C(=O)O)ccc1Cl. The molecule has 0 spiro atoms. The van der Waals surface area contributed by atoms with E-state index < -0.39 is 12.0 Å². The molecule has 1 fully saturated rings. The average molecular weight is 296 g/mol. The second-order valence-corrected chi connectivity index (χ2v) is 5.77. The van der Waals surface area contributed by atoms with Crippen LogP contribution in [0.4, 0.5) is 0 Å². The summed E-state index contributed by atoms with van der Waals surface area (Å²) in [5, 5.41) is 9.96. The number of hydrogen-bond donors (Lipinski definition) is 1. The van der Waals surface area contributed by atoms with Crippen LogP contribution in [0.5, 0.6) is 0 Å². The Morgan fingerprint density at radius 2 is 2.10 bits per heavy atom. The number of aryl methyl sites for hydroxylation is 1. The first-order valence-corrected chi connectivity index (χ1v) is 7.09. The lowest BCUT2D eigenvalue weighted by Crippen LogP contribution is -2.51. The van der Waals surface area contributed by atoms with Crippen LogP contribution < -0.4 is 0 Å². The molecule has 0 aliphatic carbocycles. The first kappa shape index (κ1) is 14.9. The fraction of sp³-hybridized carbons (Fsp3) is 0.467. The van der Waals surface area contributed by atoms with E-state index in [-0.39, 0.29) is 11.8 Å². The van der Waals surface area contributed by atoms with Crippen molar-refractivity contribution in [3.8, 4) is 0 Å². The molecule has 1 aliphatic rings. The van der Waals surface area contributed by atoms with Crippen LogP contribution in [0, 0.1) is 12.8 Å². The molecule has 1 amide bonds. The summed E-state index contributed by atoms with van der Waals surface area (Å²) >= 11 is 5.95. The lowest BCUT2D eigenvalue weighted by Gasteiger charge is -2.37. The fourth-order valence-electron chi connectivity index (χ4n) is 2.74. The van der Waals surface area contributed by atoms with E-state index >= 15 is 0 Å². The molecule has 0 saturated carbocycles. The number of benzene rings is 1. The largest absolute Gasteiger partial charge is 0.480 e. The summed E-state index contributed by atoms with van der Waals surface area (Å²) in [6.07, 6.45) is 1.67. The molecule has 1 saturated heterocycles. The number of rotatable bonds is 2. The third-order valence-corrected chi connectivity index (χ3v) is 4.28. The highest BCUT2D eigenvalue weighted by Crippen LogP contribution is 2.26. The molecule has 20 heavy (non-hydrogen) atoms. The number of carboxylic acid groups (broad SMARTS) is 1. The second-order valence-electron chi connectivity index (χ2n) is 5.37. The zero-order chi connectivity index (χ0) is 14.9. The van der Waals surface area contributed by atoms with Gasteiger partial charge in [0.25, 0.3) is 5.91 Å². The van der Waals surface area contributed by atoms with Crippen LogP contribution in [0.25, 0.3) is 0 Å². The molecule has 0 bridgehead atoms. The Kier molecular flexibility index (Phi) is 4.33. The van der Waals surface area contributed by atoms with Gasteiger partial charge in [-0.3, -0.25) is 4.79 Å². The Bertz CT molecular complexity index is 544. The molecule has 2 rings (SSSR count). The van der Waals surface area contributed by atoms with Crippen LogP contribution in [0.1, 0.15) is 35.7 Å². The summed E-state index contributed by atoms with van der Waals surface area (Å²) in [5.41, 5.74) is 1.31. The molecule has 1 aromatic carbocycles. The van der Waals surface area contributed by atoms with Crippen LogP contribution in [-0.2, 0) is 4.79 Å². The number of amides is 1. The molecule has 1 N–H and O–H groups in total. The molecular weight excluding hydrogens is 278 g/mol. The van der Waals surface area contributed by atoms with Crippen molar-refractivity contribution < 1.29 is 14.7 Å². The average Bonchev–Trinajstić information content (AvgIpc) is 2.40. The van der Waals surface area contributed by atoms with Gasteiger partial charge in [-0.05, 0) is 49.4 Å². The molecule has 5 heteroatoms. The third kappa shape index (κ3) is 2.80. The van der Waals surface area contributed by atoms with Gasteiger partial charge in [-0.2, -0.15) is 0 Å². The van der Waals surface area contributed by atoms with Crippen LogP contribution in [0.2, 0.25) is 5.02 Å². The van der Waals surface area contributed by atoms with Gasteiger partial charge in [0.2, 0.25) is 0 Å². The molecule has 0 aromatic heterocycles. The van der Waals surface area contributed by atoms with Gasteiger partial charge >= 0.3 is 5.97 Å². The van der Waals surface area contributed by atoms with Gasteiger partial charge < -0.3 is 10.0 Å². The van der Waals surface area contributed by atoms with Gasteiger partial charge in [0.15, 0.2) is 0 Å². The van der Waals surface area contributed by atoms with Crippen molar-refractivity contribution in [2.75, 3.05) is 6.54 Å². The van der Waals surface area contributed by atoms with E-state index in [0.717, 1.165) is 18.4 Å². The molecule has 1 heterocycles. The normalized spacial score (nSPS) is 22.6. The number of carbonyl (C=O) groups excluding carboxylic acids is 1. The smallest absolute Gasteiger partial charge is 0.326 e. The number of carboxylic acids is 1. The predicted octanol–water partition coefficient (Wildman–Crippen LogP) is 2.97. The molecule has 108 valence electrons. The molecule has 2 unspecified atom stereocenters. The number of halogens is 1. The second kappa shape index (κ2) is 5.83. The molecule has 4 nitrogen and oxygen atoms in total. The Balaban J connectivity index is 2.30. The number of hydrogen-bond acceptors (Lipinski definition) is 2.